The average Bonchev–Trinajstić information content (AvgIpc) is 3.60. The molecule has 1 saturated carbocycles. The summed E-state index contributed by atoms with van der Waals surface area (Å²) in [6.45, 7) is 1.60. The molecule has 29 heavy (non-hydrogen) atoms. The molecule has 0 aromatic heterocycles. The maximum atomic E-state index is 12.2. The summed E-state index contributed by atoms with van der Waals surface area (Å²) >= 11 is 0. The zero-order chi connectivity index (χ0) is 20.2. The zero-order valence-corrected chi connectivity index (χ0v) is 16.7. The summed E-state index contributed by atoms with van der Waals surface area (Å²) in [5.41, 5.74) is 2.82. The lowest BCUT2D eigenvalue weighted by Crippen LogP contribution is -2.42. The number of methoxy groups -OCH3 is 1. The Kier molecular flexibility index (Phi) is 5.69. The van der Waals surface area contributed by atoms with Gasteiger partial charge in [0.15, 0.2) is 0 Å². The van der Waals surface area contributed by atoms with Crippen molar-refractivity contribution in [2.24, 2.45) is 5.92 Å². The highest BCUT2D eigenvalue weighted by atomic mass is 16.5. The van der Waals surface area contributed by atoms with Crippen LogP contribution in [0.25, 0.3) is 5.57 Å². The number of piperidine rings is 1. The SMILES string of the molecule is COC1=CC(c2ccc(OC3CCN(C(=O)C4CC4)CC3)cc2)=CN/C1=C\C=N. The normalized spacial score (nSPS) is 21.1. The fourth-order valence-electron chi connectivity index (χ4n) is 3.74. The largest absolute Gasteiger partial charge is 0.495 e. The number of rotatable bonds is 6. The number of nitrogens with zero attached hydrogens (tertiary/aromatic N) is 1. The van der Waals surface area contributed by atoms with Crippen LogP contribution >= 0.6 is 0 Å². The number of dihydropyridines is 1. The second-order valence-electron chi connectivity index (χ2n) is 7.64. The number of benzene rings is 1. The first-order chi connectivity index (χ1) is 14.2. The van der Waals surface area contributed by atoms with Crippen molar-refractivity contribution in [3.63, 3.8) is 0 Å². The van der Waals surface area contributed by atoms with E-state index < -0.39 is 0 Å². The Labute approximate surface area is 171 Å². The molecule has 2 fully saturated rings. The summed E-state index contributed by atoms with van der Waals surface area (Å²) in [7, 11) is 1.62. The number of allylic oxidation sites excluding steroid dienone is 3. The second kappa shape index (κ2) is 8.55. The van der Waals surface area contributed by atoms with Crippen LogP contribution in [0, 0.1) is 11.3 Å². The van der Waals surface area contributed by atoms with E-state index in [2.05, 4.69) is 5.32 Å². The maximum Gasteiger partial charge on any atom is 0.225 e. The van der Waals surface area contributed by atoms with E-state index in [9.17, 15) is 4.79 Å². The van der Waals surface area contributed by atoms with Gasteiger partial charge in [-0.2, -0.15) is 0 Å². The molecule has 1 aromatic carbocycles. The van der Waals surface area contributed by atoms with Gasteiger partial charge in [0.25, 0.3) is 0 Å². The summed E-state index contributed by atoms with van der Waals surface area (Å²) in [6, 6.07) is 8.04. The Morgan fingerprint density at radius 3 is 2.52 bits per heavy atom. The van der Waals surface area contributed by atoms with Gasteiger partial charge < -0.3 is 25.1 Å². The Hall–Kier alpha value is -3.02. The molecule has 2 heterocycles. The number of likely N-dealkylation sites (tertiary alicyclic amines) is 1. The summed E-state index contributed by atoms with van der Waals surface area (Å²) < 4.78 is 11.6. The van der Waals surface area contributed by atoms with Crippen molar-refractivity contribution in [1.29, 1.82) is 5.41 Å². The predicted molar refractivity (Wildman–Crippen MR) is 112 cm³/mol. The number of ether oxygens (including phenoxy) is 2. The summed E-state index contributed by atoms with van der Waals surface area (Å²) in [5.74, 6) is 2.18. The zero-order valence-electron chi connectivity index (χ0n) is 16.7. The molecule has 6 heteroatoms. The predicted octanol–water partition coefficient (Wildman–Crippen LogP) is 3.47. The van der Waals surface area contributed by atoms with Crippen molar-refractivity contribution in [3.05, 3.63) is 59.6 Å². The van der Waals surface area contributed by atoms with Crippen LogP contribution < -0.4 is 10.1 Å². The van der Waals surface area contributed by atoms with Gasteiger partial charge in [0.2, 0.25) is 5.91 Å². The van der Waals surface area contributed by atoms with Crippen LogP contribution in [0.4, 0.5) is 0 Å². The van der Waals surface area contributed by atoms with Crippen molar-refractivity contribution in [1.82, 2.24) is 10.2 Å². The molecular weight excluding hydrogens is 366 g/mol. The Balaban J connectivity index is 1.34. The summed E-state index contributed by atoms with van der Waals surface area (Å²) in [6.07, 6.45) is 10.8. The average molecular weight is 393 g/mol. The molecule has 1 saturated heterocycles. The van der Waals surface area contributed by atoms with Crippen LogP contribution in [-0.4, -0.2) is 43.3 Å². The van der Waals surface area contributed by atoms with E-state index >= 15 is 0 Å². The molecule has 1 amide bonds. The van der Waals surface area contributed by atoms with Gasteiger partial charge in [-0.25, -0.2) is 0 Å². The molecule has 0 spiro atoms. The van der Waals surface area contributed by atoms with E-state index in [1.54, 1.807) is 13.2 Å². The third-order valence-electron chi connectivity index (χ3n) is 5.58. The Bertz CT molecular complexity index is 858. The lowest BCUT2D eigenvalue weighted by molar-refractivity contribution is -0.134. The molecule has 2 aliphatic heterocycles. The van der Waals surface area contributed by atoms with Gasteiger partial charge in [-0.15, -0.1) is 0 Å². The van der Waals surface area contributed by atoms with Gasteiger partial charge in [-0.3, -0.25) is 4.79 Å². The molecule has 152 valence electrons. The van der Waals surface area contributed by atoms with Crippen LogP contribution in [0.2, 0.25) is 0 Å². The summed E-state index contributed by atoms with van der Waals surface area (Å²) in [4.78, 5) is 14.2. The Morgan fingerprint density at radius 2 is 1.90 bits per heavy atom. The lowest BCUT2D eigenvalue weighted by atomic mass is 10.0. The van der Waals surface area contributed by atoms with E-state index in [0.717, 1.165) is 61.4 Å². The smallest absolute Gasteiger partial charge is 0.225 e. The number of carbonyl (C=O) groups excluding carboxylic acids is 1. The third kappa shape index (κ3) is 4.53. The fraction of sp³-hybridized carbons (Fsp3) is 0.391. The quantitative estimate of drug-likeness (QED) is 0.726. The topological polar surface area (TPSA) is 74.7 Å². The van der Waals surface area contributed by atoms with Crippen molar-refractivity contribution in [3.8, 4) is 5.75 Å². The first-order valence-electron chi connectivity index (χ1n) is 10.2. The highest BCUT2D eigenvalue weighted by Crippen LogP contribution is 2.32. The van der Waals surface area contributed by atoms with E-state index in [-0.39, 0.29) is 6.10 Å². The van der Waals surface area contributed by atoms with Crippen molar-refractivity contribution in [2.75, 3.05) is 20.2 Å². The summed E-state index contributed by atoms with van der Waals surface area (Å²) in [5, 5.41) is 10.4. The maximum absolute atomic E-state index is 12.2. The van der Waals surface area contributed by atoms with Gasteiger partial charge in [0.05, 0.1) is 12.8 Å². The Morgan fingerprint density at radius 1 is 1.17 bits per heavy atom. The third-order valence-corrected chi connectivity index (χ3v) is 5.58. The second-order valence-corrected chi connectivity index (χ2v) is 7.64. The van der Waals surface area contributed by atoms with Gasteiger partial charge in [0.1, 0.15) is 17.6 Å². The van der Waals surface area contributed by atoms with Crippen LogP contribution in [0.5, 0.6) is 5.75 Å². The molecule has 2 N–H and O–H groups in total. The molecule has 0 atom stereocenters. The molecular formula is C23H27N3O3. The van der Waals surface area contributed by atoms with Crippen LogP contribution in [0.15, 0.2) is 54.1 Å². The minimum absolute atomic E-state index is 0.161. The van der Waals surface area contributed by atoms with Gasteiger partial charge in [-0.05, 0) is 42.7 Å². The first kappa shape index (κ1) is 19.3. The molecule has 1 aliphatic carbocycles. The number of carbonyl (C=O) groups is 1. The standard InChI is InChI=1S/C23H27N3O3/c1-28-22-14-18(15-25-21(22)8-11-24)16-4-6-19(7-5-16)29-20-9-12-26(13-10-20)23(27)17-2-3-17/h4-8,11,14-15,17,20,24-25H,2-3,9-10,12-13H2,1H3/b21-8-,24-11?. The number of nitrogens with one attached hydrogen (secondary N) is 2. The molecule has 1 aromatic rings. The highest BCUT2D eigenvalue weighted by Gasteiger charge is 2.35. The molecule has 0 radical (unpaired) electrons. The molecule has 6 nitrogen and oxygen atoms in total. The van der Waals surface area contributed by atoms with Gasteiger partial charge in [-0.1, -0.05) is 12.1 Å². The van der Waals surface area contributed by atoms with E-state index in [4.69, 9.17) is 14.9 Å². The molecule has 0 bridgehead atoms. The van der Waals surface area contributed by atoms with Gasteiger partial charge >= 0.3 is 0 Å². The molecule has 4 rings (SSSR count). The number of amides is 1. The van der Waals surface area contributed by atoms with E-state index in [1.165, 1.54) is 6.21 Å². The van der Waals surface area contributed by atoms with Gasteiger partial charge in [0, 0.05) is 49.8 Å². The minimum Gasteiger partial charge on any atom is -0.495 e. The van der Waals surface area contributed by atoms with Crippen molar-refractivity contribution < 1.29 is 14.3 Å². The van der Waals surface area contributed by atoms with Crippen molar-refractivity contribution in [2.45, 2.75) is 31.8 Å². The fourth-order valence-corrected chi connectivity index (χ4v) is 3.74. The number of hydrogen-bond donors (Lipinski definition) is 2. The molecule has 3 aliphatic rings. The monoisotopic (exact) mass is 393 g/mol. The minimum atomic E-state index is 0.161. The van der Waals surface area contributed by atoms with E-state index in [0.29, 0.717) is 17.6 Å². The first-order valence-corrected chi connectivity index (χ1v) is 10.2. The lowest BCUT2D eigenvalue weighted by Gasteiger charge is -2.32. The van der Waals surface area contributed by atoms with Crippen LogP contribution in [0.3, 0.4) is 0 Å². The number of hydrogen-bond acceptors (Lipinski definition) is 5. The van der Waals surface area contributed by atoms with Crippen LogP contribution in [0.1, 0.15) is 31.2 Å². The highest BCUT2D eigenvalue weighted by molar-refractivity contribution is 5.81. The molecule has 0 unspecified atom stereocenters. The van der Waals surface area contributed by atoms with Crippen molar-refractivity contribution >= 4 is 17.7 Å². The van der Waals surface area contributed by atoms with E-state index in [1.807, 2.05) is 41.4 Å². The van der Waals surface area contributed by atoms with Crippen LogP contribution in [-0.2, 0) is 9.53 Å².